The van der Waals surface area contributed by atoms with E-state index in [9.17, 15) is 0 Å². The summed E-state index contributed by atoms with van der Waals surface area (Å²) in [5.41, 5.74) is 1.38. The average molecular weight is 160 g/mol. The van der Waals surface area contributed by atoms with Gasteiger partial charge in [0.15, 0.2) is 0 Å². The molecule has 0 saturated heterocycles. The molecule has 0 heteroatoms. The Bertz CT molecular complexity index is 231. The van der Waals surface area contributed by atoms with Gasteiger partial charge in [-0.3, -0.25) is 0 Å². The zero-order chi connectivity index (χ0) is 8.81. The lowest BCUT2D eigenvalue weighted by atomic mass is 10.1. The lowest BCUT2D eigenvalue weighted by Gasteiger charge is -1.95. The Morgan fingerprint density at radius 3 is 2.42 bits per heavy atom. The largest absolute Gasteiger partial charge is 0.0856 e. The van der Waals surface area contributed by atoms with E-state index in [2.05, 4.69) is 56.3 Å². The second-order valence-electron chi connectivity index (χ2n) is 3.36. The molecule has 1 aromatic carbocycles. The number of hydrogen-bond donors (Lipinski definition) is 0. The van der Waals surface area contributed by atoms with E-state index >= 15 is 0 Å². The Hall–Kier alpha value is -1.04. The third-order valence-electron chi connectivity index (χ3n) is 1.72. The van der Waals surface area contributed by atoms with Crippen molar-refractivity contribution in [2.24, 2.45) is 5.92 Å². The van der Waals surface area contributed by atoms with E-state index in [0.29, 0.717) is 5.92 Å². The molecule has 0 heterocycles. The molecular formula is C12H16. The van der Waals surface area contributed by atoms with Crippen LogP contribution < -0.4 is 0 Å². The summed E-state index contributed by atoms with van der Waals surface area (Å²) >= 11 is 0. The minimum atomic E-state index is 0.661. The van der Waals surface area contributed by atoms with E-state index in [1.165, 1.54) is 5.56 Å². The Balaban J connectivity index is 2.43. The third-order valence-corrected chi connectivity index (χ3v) is 1.72. The fraction of sp³-hybridized carbons (Fsp3) is 0.333. The molecule has 0 aromatic heterocycles. The third kappa shape index (κ3) is 3.38. The van der Waals surface area contributed by atoms with Crippen LogP contribution in [0.2, 0.25) is 0 Å². The maximum absolute atomic E-state index is 2.24. The molecule has 1 rings (SSSR count). The summed E-state index contributed by atoms with van der Waals surface area (Å²) in [5.74, 6) is 0.661. The van der Waals surface area contributed by atoms with Crippen LogP contribution in [0.3, 0.4) is 0 Å². The predicted octanol–water partition coefficient (Wildman–Crippen LogP) is 3.44. The quantitative estimate of drug-likeness (QED) is 0.594. The van der Waals surface area contributed by atoms with E-state index < -0.39 is 0 Å². The zero-order valence-electron chi connectivity index (χ0n) is 7.83. The maximum Gasteiger partial charge on any atom is -0.00974 e. The smallest absolute Gasteiger partial charge is 0.00974 e. The van der Waals surface area contributed by atoms with Crippen molar-refractivity contribution in [2.45, 2.75) is 20.3 Å². The molecule has 0 amide bonds. The van der Waals surface area contributed by atoms with E-state index in [-0.39, 0.29) is 0 Å². The summed E-state index contributed by atoms with van der Waals surface area (Å²) < 4.78 is 0. The van der Waals surface area contributed by atoms with E-state index in [0.717, 1.165) is 6.42 Å². The second kappa shape index (κ2) is 4.76. The normalized spacial score (nSPS) is 11.2. The molecule has 0 fully saturated rings. The lowest BCUT2D eigenvalue weighted by Crippen LogP contribution is -1.81. The van der Waals surface area contributed by atoms with Gasteiger partial charge in [-0.25, -0.2) is 0 Å². The fourth-order valence-electron chi connectivity index (χ4n) is 1.09. The Kier molecular flexibility index (Phi) is 3.59. The number of rotatable bonds is 3. The fourth-order valence-corrected chi connectivity index (χ4v) is 1.09. The van der Waals surface area contributed by atoms with Crippen LogP contribution >= 0.6 is 0 Å². The second-order valence-corrected chi connectivity index (χ2v) is 3.36. The summed E-state index contributed by atoms with van der Waals surface area (Å²) in [4.78, 5) is 0. The molecule has 64 valence electrons. The Morgan fingerprint density at radius 2 is 1.83 bits per heavy atom. The van der Waals surface area contributed by atoms with Gasteiger partial charge in [0.05, 0.1) is 0 Å². The van der Waals surface area contributed by atoms with Crippen molar-refractivity contribution in [3.8, 4) is 0 Å². The molecule has 1 aromatic rings. The number of benzene rings is 1. The van der Waals surface area contributed by atoms with Gasteiger partial charge in [0.1, 0.15) is 0 Å². The Morgan fingerprint density at radius 1 is 1.17 bits per heavy atom. The average Bonchev–Trinajstić information content (AvgIpc) is 2.05. The monoisotopic (exact) mass is 160 g/mol. The Labute approximate surface area is 74.9 Å². The van der Waals surface area contributed by atoms with Gasteiger partial charge in [0, 0.05) is 0 Å². The SMILES string of the molecule is CC(C)/C=C\Cc1ccccc1. The summed E-state index contributed by atoms with van der Waals surface area (Å²) in [7, 11) is 0. The number of allylic oxidation sites excluding steroid dienone is 2. The summed E-state index contributed by atoms with van der Waals surface area (Å²) in [5, 5.41) is 0. The van der Waals surface area contributed by atoms with Crippen LogP contribution in [0.4, 0.5) is 0 Å². The first-order valence-electron chi connectivity index (χ1n) is 4.49. The van der Waals surface area contributed by atoms with Crippen LogP contribution in [0.25, 0.3) is 0 Å². The first kappa shape index (κ1) is 9.05. The molecule has 0 aliphatic carbocycles. The molecule has 0 nitrogen and oxygen atoms in total. The maximum atomic E-state index is 2.24. The van der Waals surface area contributed by atoms with Crippen LogP contribution in [0, 0.1) is 5.92 Å². The highest BCUT2D eigenvalue weighted by Gasteiger charge is 1.86. The van der Waals surface area contributed by atoms with Gasteiger partial charge in [-0.05, 0) is 17.9 Å². The van der Waals surface area contributed by atoms with Gasteiger partial charge in [0.25, 0.3) is 0 Å². The van der Waals surface area contributed by atoms with Crippen LogP contribution in [-0.2, 0) is 6.42 Å². The molecule has 0 aliphatic rings. The van der Waals surface area contributed by atoms with Crippen LogP contribution in [0.15, 0.2) is 42.5 Å². The molecule has 0 unspecified atom stereocenters. The molecule has 0 aliphatic heterocycles. The summed E-state index contributed by atoms with van der Waals surface area (Å²) in [6.45, 7) is 4.39. The molecule has 0 radical (unpaired) electrons. The van der Waals surface area contributed by atoms with E-state index in [1.807, 2.05) is 0 Å². The van der Waals surface area contributed by atoms with Crippen molar-refractivity contribution >= 4 is 0 Å². The molecule has 0 spiro atoms. The van der Waals surface area contributed by atoms with Crippen molar-refractivity contribution < 1.29 is 0 Å². The van der Waals surface area contributed by atoms with Crippen LogP contribution in [0.1, 0.15) is 19.4 Å². The van der Waals surface area contributed by atoms with Crippen molar-refractivity contribution in [2.75, 3.05) is 0 Å². The topological polar surface area (TPSA) is 0 Å². The van der Waals surface area contributed by atoms with Crippen LogP contribution in [0.5, 0.6) is 0 Å². The first-order chi connectivity index (χ1) is 5.79. The van der Waals surface area contributed by atoms with Crippen molar-refractivity contribution in [1.29, 1.82) is 0 Å². The molecule has 0 atom stereocenters. The van der Waals surface area contributed by atoms with Gasteiger partial charge in [0.2, 0.25) is 0 Å². The summed E-state index contributed by atoms with van der Waals surface area (Å²) in [6, 6.07) is 10.5. The highest BCUT2D eigenvalue weighted by Crippen LogP contribution is 2.01. The highest BCUT2D eigenvalue weighted by molar-refractivity contribution is 5.17. The molecule has 0 N–H and O–H groups in total. The van der Waals surface area contributed by atoms with Crippen LogP contribution in [-0.4, -0.2) is 0 Å². The molecule has 0 saturated carbocycles. The van der Waals surface area contributed by atoms with Gasteiger partial charge in [-0.2, -0.15) is 0 Å². The first-order valence-corrected chi connectivity index (χ1v) is 4.49. The predicted molar refractivity (Wildman–Crippen MR) is 54.1 cm³/mol. The van der Waals surface area contributed by atoms with Gasteiger partial charge in [-0.15, -0.1) is 0 Å². The van der Waals surface area contributed by atoms with E-state index in [4.69, 9.17) is 0 Å². The summed E-state index contributed by atoms with van der Waals surface area (Å²) in [6.07, 6.45) is 5.53. The van der Waals surface area contributed by atoms with E-state index in [1.54, 1.807) is 0 Å². The van der Waals surface area contributed by atoms with Gasteiger partial charge in [-0.1, -0.05) is 56.3 Å². The lowest BCUT2D eigenvalue weighted by molar-refractivity contribution is 0.827. The molecule has 12 heavy (non-hydrogen) atoms. The highest BCUT2D eigenvalue weighted by atomic mass is 13.9. The minimum Gasteiger partial charge on any atom is -0.0856 e. The minimum absolute atomic E-state index is 0.661. The van der Waals surface area contributed by atoms with Crippen molar-refractivity contribution in [3.63, 3.8) is 0 Å². The van der Waals surface area contributed by atoms with Crippen molar-refractivity contribution in [3.05, 3.63) is 48.0 Å². The number of hydrogen-bond acceptors (Lipinski definition) is 0. The molecular weight excluding hydrogens is 144 g/mol. The van der Waals surface area contributed by atoms with Crippen molar-refractivity contribution in [1.82, 2.24) is 0 Å². The van der Waals surface area contributed by atoms with Gasteiger partial charge >= 0.3 is 0 Å². The van der Waals surface area contributed by atoms with Gasteiger partial charge < -0.3 is 0 Å². The molecule has 0 bridgehead atoms. The zero-order valence-corrected chi connectivity index (χ0v) is 7.83. The standard InChI is InChI=1S/C12H16/c1-11(2)7-6-10-12-8-4-3-5-9-12/h3-9,11H,10H2,1-2H3/b7-6-.